The van der Waals surface area contributed by atoms with Crippen LogP contribution in [0.2, 0.25) is 0 Å². The number of hydrogen-bond acceptors (Lipinski definition) is 5. The molecule has 3 heterocycles. The van der Waals surface area contributed by atoms with Gasteiger partial charge in [-0.25, -0.2) is 0 Å². The zero-order valence-electron chi connectivity index (χ0n) is 17.1. The van der Waals surface area contributed by atoms with Gasteiger partial charge < -0.3 is 18.7 Å². The number of amides is 1. The Morgan fingerprint density at radius 3 is 2.55 bits per heavy atom. The zero-order chi connectivity index (χ0) is 21.2. The van der Waals surface area contributed by atoms with Crippen LogP contribution in [0, 0.1) is 0 Å². The number of nitrogens with zero attached hydrogens (tertiary/aromatic N) is 4. The predicted octanol–water partition coefficient (Wildman–Crippen LogP) is 3.70. The van der Waals surface area contributed by atoms with E-state index in [4.69, 9.17) is 9.26 Å². The van der Waals surface area contributed by atoms with Gasteiger partial charge in [-0.3, -0.25) is 4.79 Å². The van der Waals surface area contributed by atoms with E-state index in [2.05, 4.69) is 10.1 Å². The quantitative estimate of drug-likeness (QED) is 0.481. The van der Waals surface area contributed by atoms with Crippen molar-refractivity contribution in [2.75, 3.05) is 20.2 Å². The topological polar surface area (TPSA) is 73.4 Å². The van der Waals surface area contributed by atoms with Crippen LogP contribution in [0.1, 0.15) is 33.6 Å². The van der Waals surface area contributed by atoms with Gasteiger partial charge >= 0.3 is 0 Å². The molecule has 156 valence electrons. The second-order valence-corrected chi connectivity index (χ2v) is 7.58. The van der Waals surface area contributed by atoms with Crippen molar-refractivity contribution in [3.63, 3.8) is 0 Å². The monoisotopic (exact) mass is 414 g/mol. The van der Waals surface area contributed by atoms with E-state index >= 15 is 0 Å². The standard InChI is InChI=1S/C24H22N4O3/c1-30-21-7-3-2-6-18(21)14-22-25-23(31-26-22)19-15-28(16-19)24(29)17-8-10-20(11-9-17)27-12-4-5-13-27/h2-13,19H,14-16H2,1H3. The molecule has 0 N–H and O–H groups in total. The van der Waals surface area contributed by atoms with Crippen LogP contribution in [0.4, 0.5) is 0 Å². The molecule has 5 rings (SSSR count). The maximum atomic E-state index is 12.8. The summed E-state index contributed by atoms with van der Waals surface area (Å²) in [6.07, 6.45) is 4.49. The average Bonchev–Trinajstić information content (AvgIpc) is 3.46. The summed E-state index contributed by atoms with van der Waals surface area (Å²) in [4.78, 5) is 19.1. The summed E-state index contributed by atoms with van der Waals surface area (Å²) in [6.45, 7) is 1.16. The Labute approximate surface area is 179 Å². The van der Waals surface area contributed by atoms with Crippen LogP contribution < -0.4 is 4.74 Å². The van der Waals surface area contributed by atoms with E-state index < -0.39 is 0 Å². The van der Waals surface area contributed by atoms with E-state index in [1.807, 2.05) is 77.6 Å². The normalized spacial score (nSPS) is 13.8. The number of benzene rings is 2. The van der Waals surface area contributed by atoms with Crippen LogP contribution >= 0.6 is 0 Å². The number of aromatic nitrogens is 3. The third-order valence-corrected chi connectivity index (χ3v) is 5.56. The summed E-state index contributed by atoms with van der Waals surface area (Å²) in [7, 11) is 1.65. The maximum absolute atomic E-state index is 12.8. The van der Waals surface area contributed by atoms with Crippen LogP contribution in [0.15, 0.2) is 77.6 Å². The average molecular weight is 414 g/mol. The number of rotatable bonds is 6. The minimum atomic E-state index is 0.0177. The zero-order valence-corrected chi connectivity index (χ0v) is 17.1. The molecule has 0 atom stereocenters. The third kappa shape index (κ3) is 3.82. The minimum absolute atomic E-state index is 0.0177. The Bertz CT molecular complexity index is 1180. The maximum Gasteiger partial charge on any atom is 0.253 e. The number of para-hydroxylation sites is 1. The molecule has 0 radical (unpaired) electrons. The lowest BCUT2D eigenvalue weighted by Crippen LogP contribution is -2.48. The van der Waals surface area contributed by atoms with Crippen LogP contribution in [-0.4, -0.2) is 45.7 Å². The Morgan fingerprint density at radius 1 is 1.06 bits per heavy atom. The Hall–Kier alpha value is -3.87. The van der Waals surface area contributed by atoms with Gasteiger partial charge in [0, 0.05) is 48.7 Å². The van der Waals surface area contributed by atoms with Crippen molar-refractivity contribution in [2.45, 2.75) is 12.3 Å². The summed E-state index contributed by atoms with van der Waals surface area (Å²) < 4.78 is 12.9. The molecule has 0 bridgehead atoms. The van der Waals surface area contributed by atoms with Gasteiger partial charge in [0.25, 0.3) is 5.91 Å². The first-order chi connectivity index (χ1) is 15.2. The molecule has 0 aliphatic carbocycles. The summed E-state index contributed by atoms with van der Waals surface area (Å²) in [5.74, 6) is 2.09. The fourth-order valence-corrected chi connectivity index (χ4v) is 3.79. The molecule has 1 aliphatic heterocycles. The molecule has 7 nitrogen and oxygen atoms in total. The van der Waals surface area contributed by atoms with Gasteiger partial charge in [0.15, 0.2) is 5.82 Å². The van der Waals surface area contributed by atoms with Crippen LogP contribution in [0.5, 0.6) is 5.75 Å². The fraction of sp³-hybridized carbons (Fsp3) is 0.208. The third-order valence-electron chi connectivity index (χ3n) is 5.56. The second-order valence-electron chi connectivity index (χ2n) is 7.58. The molecule has 0 saturated carbocycles. The highest BCUT2D eigenvalue weighted by Gasteiger charge is 2.36. The number of carbonyl (C=O) groups is 1. The summed E-state index contributed by atoms with van der Waals surface area (Å²) in [5, 5.41) is 4.10. The molecule has 1 fully saturated rings. The summed E-state index contributed by atoms with van der Waals surface area (Å²) >= 11 is 0. The molecule has 1 amide bonds. The Balaban J connectivity index is 1.20. The fourth-order valence-electron chi connectivity index (χ4n) is 3.79. The van der Waals surface area contributed by atoms with E-state index in [1.54, 1.807) is 12.0 Å². The highest BCUT2D eigenvalue weighted by molar-refractivity contribution is 5.95. The minimum Gasteiger partial charge on any atom is -0.496 e. The Morgan fingerprint density at radius 2 is 1.81 bits per heavy atom. The summed E-state index contributed by atoms with van der Waals surface area (Å²) in [6, 6.07) is 19.4. The predicted molar refractivity (Wildman–Crippen MR) is 115 cm³/mol. The van der Waals surface area contributed by atoms with E-state index in [0.29, 0.717) is 36.8 Å². The van der Waals surface area contributed by atoms with Crippen molar-refractivity contribution >= 4 is 5.91 Å². The number of hydrogen-bond donors (Lipinski definition) is 0. The lowest BCUT2D eigenvalue weighted by molar-refractivity contribution is 0.0569. The van der Waals surface area contributed by atoms with Gasteiger partial charge in [0.2, 0.25) is 5.89 Å². The van der Waals surface area contributed by atoms with Crippen molar-refractivity contribution in [1.82, 2.24) is 19.6 Å². The first-order valence-electron chi connectivity index (χ1n) is 10.2. The number of carbonyl (C=O) groups excluding carboxylic acids is 1. The number of methoxy groups -OCH3 is 1. The molecular weight excluding hydrogens is 392 g/mol. The lowest BCUT2D eigenvalue weighted by atomic mass is 9.98. The molecule has 31 heavy (non-hydrogen) atoms. The van der Waals surface area contributed by atoms with Crippen molar-refractivity contribution in [3.05, 3.63) is 95.9 Å². The van der Waals surface area contributed by atoms with E-state index in [1.165, 1.54) is 0 Å². The van der Waals surface area contributed by atoms with Crippen LogP contribution in [0.3, 0.4) is 0 Å². The van der Waals surface area contributed by atoms with Gasteiger partial charge in [0.1, 0.15) is 5.75 Å². The number of likely N-dealkylation sites (tertiary alicyclic amines) is 1. The van der Waals surface area contributed by atoms with E-state index in [0.717, 1.165) is 17.0 Å². The highest BCUT2D eigenvalue weighted by atomic mass is 16.5. The molecule has 4 aromatic rings. The molecule has 0 spiro atoms. The van der Waals surface area contributed by atoms with Crippen molar-refractivity contribution in [2.24, 2.45) is 0 Å². The molecule has 0 unspecified atom stereocenters. The van der Waals surface area contributed by atoms with Crippen molar-refractivity contribution < 1.29 is 14.1 Å². The van der Waals surface area contributed by atoms with Gasteiger partial charge in [0.05, 0.1) is 13.0 Å². The van der Waals surface area contributed by atoms with Crippen molar-refractivity contribution in [3.8, 4) is 11.4 Å². The number of ether oxygens (including phenoxy) is 1. The van der Waals surface area contributed by atoms with E-state index in [-0.39, 0.29) is 11.8 Å². The van der Waals surface area contributed by atoms with Crippen LogP contribution in [-0.2, 0) is 6.42 Å². The van der Waals surface area contributed by atoms with E-state index in [9.17, 15) is 4.79 Å². The molecule has 7 heteroatoms. The highest BCUT2D eigenvalue weighted by Crippen LogP contribution is 2.28. The Kier molecular flexibility index (Phi) is 5.00. The first-order valence-corrected chi connectivity index (χ1v) is 10.2. The van der Waals surface area contributed by atoms with Gasteiger partial charge in [-0.05, 0) is 42.5 Å². The molecule has 2 aromatic carbocycles. The van der Waals surface area contributed by atoms with Crippen LogP contribution in [0.25, 0.3) is 5.69 Å². The lowest BCUT2D eigenvalue weighted by Gasteiger charge is -2.37. The SMILES string of the molecule is COc1ccccc1Cc1noc(C2CN(C(=O)c3ccc(-n4cccc4)cc3)C2)n1. The first kappa shape index (κ1) is 19.1. The van der Waals surface area contributed by atoms with Gasteiger partial charge in [-0.2, -0.15) is 4.98 Å². The molecular formula is C24H22N4O3. The van der Waals surface area contributed by atoms with Crippen molar-refractivity contribution in [1.29, 1.82) is 0 Å². The van der Waals surface area contributed by atoms with Gasteiger partial charge in [-0.1, -0.05) is 23.4 Å². The second kappa shape index (κ2) is 8.10. The smallest absolute Gasteiger partial charge is 0.253 e. The van der Waals surface area contributed by atoms with Gasteiger partial charge in [-0.15, -0.1) is 0 Å². The largest absolute Gasteiger partial charge is 0.496 e. The molecule has 1 saturated heterocycles. The molecule has 2 aromatic heterocycles. The summed E-state index contributed by atoms with van der Waals surface area (Å²) in [5.41, 5.74) is 2.71. The molecule has 1 aliphatic rings.